The zero-order valence-corrected chi connectivity index (χ0v) is 19.4. The van der Waals surface area contributed by atoms with Crippen LogP contribution in [0.25, 0.3) is 0 Å². The number of sulfonamides is 1. The summed E-state index contributed by atoms with van der Waals surface area (Å²) >= 11 is 5.94. The van der Waals surface area contributed by atoms with Crippen LogP contribution >= 0.6 is 11.6 Å². The highest BCUT2D eigenvalue weighted by Crippen LogP contribution is 2.40. The second-order valence-corrected chi connectivity index (χ2v) is 11.3. The normalized spacial score (nSPS) is 28.9. The van der Waals surface area contributed by atoms with Crippen LogP contribution in [0.4, 0.5) is 4.79 Å². The van der Waals surface area contributed by atoms with Gasteiger partial charge in [0.05, 0.1) is 16.5 Å². The minimum atomic E-state index is -3.71. The summed E-state index contributed by atoms with van der Waals surface area (Å²) < 4.78 is 34.4. The van der Waals surface area contributed by atoms with Crippen molar-refractivity contribution < 1.29 is 23.1 Å². The van der Waals surface area contributed by atoms with Gasteiger partial charge in [0.15, 0.2) is 0 Å². The topological polar surface area (TPSA) is 87.2 Å². The highest BCUT2D eigenvalue weighted by Gasteiger charge is 2.48. The third-order valence-electron chi connectivity index (χ3n) is 7.19. The lowest BCUT2D eigenvalue weighted by atomic mass is 9.85. The number of carbonyl (C=O) groups is 1. The number of amides is 1. The molecule has 1 aromatic carbocycles. The van der Waals surface area contributed by atoms with Gasteiger partial charge < -0.3 is 14.7 Å². The van der Waals surface area contributed by atoms with Crippen molar-refractivity contribution in [2.75, 3.05) is 13.1 Å². The molecule has 1 amide bonds. The molecular formula is C22H31ClN2O5S. The van der Waals surface area contributed by atoms with Crippen molar-refractivity contribution in [2.45, 2.75) is 87.0 Å². The second-order valence-electron chi connectivity index (χ2n) is 9.01. The van der Waals surface area contributed by atoms with E-state index in [4.69, 9.17) is 16.3 Å². The van der Waals surface area contributed by atoms with Gasteiger partial charge in [-0.05, 0) is 69.2 Å². The molecule has 3 heterocycles. The molecular weight excluding hydrogens is 440 g/mol. The standard InChI is InChI=1S/C22H31ClN2O5S/c1-2-22(27)12-14-24(15-13-22)21(26)30-20-11-8-17-4-3-5-19(20)25(17)31(28,29)18-9-6-16(23)7-10-18/h6-7,9-10,17,19-20,27H,2-5,8,11-15H2,1H3/t17?,19?,20-/m0/s1. The zero-order valence-electron chi connectivity index (χ0n) is 17.9. The smallest absolute Gasteiger partial charge is 0.410 e. The molecule has 2 bridgehead atoms. The minimum absolute atomic E-state index is 0.0658. The SMILES string of the molecule is CCC1(O)CCN(C(=O)O[C@H]2CCC3CCCC2N3S(=O)(=O)c2ccc(Cl)cc2)CC1. The molecule has 1 N–H and O–H groups in total. The number of hydrogen-bond donors (Lipinski definition) is 1. The van der Waals surface area contributed by atoms with E-state index in [1.165, 1.54) is 12.1 Å². The summed E-state index contributed by atoms with van der Waals surface area (Å²) in [5.41, 5.74) is -0.707. The minimum Gasteiger partial charge on any atom is -0.444 e. The highest BCUT2D eigenvalue weighted by molar-refractivity contribution is 7.89. The van der Waals surface area contributed by atoms with Gasteiger partial charge in [-0.2, -0.15) is 4.31 Å². The van der Waals surface area contributed by atoms with Crippen molar-refractivity contribution in [3.63, 3.8) is 0 Å². The number of rotatable bonds is 4. The van der Waals surface area contributed by atoms with E-state index in [0.717, 1.165) is 12.8 Å². The third-order valence-corrected chi connectivity index (χ3v) is 9.43. The van der Waals surface area contributed by atoms with Crippen LogP contribution in [-0.4, -0.2) is 65.7 Å². The first kappa shape index (κ1) is 22.8. The largest absolute Gasteiger partial charge is 0.444 e. The number of likely N-dealkylation sites (tertiary alicyclic amines) is 1. The van der Waals surface area contributed by atoms with Gasteiger partial charge in [0, 0.05) is 24.2 Å². The number of aliphatic hydroxyl groups is 1. The van der Waals surface area contributed by atoms with Gasteiger partial charge in [-0.3, -0.25) is 0 Å². The van der Waals surface area contributed by atoms with Gasteiger partial charge in [-0.25, -0.2) is 13.2 Å². The summed E-state index contributed by atoms with van der Waals surface area (Å²) in [4.78, 5) is 14.7. The number of carbonyl (C=O) groups excluding carboxylic acids is 1. The summed E-state index contributed by atoms with van der Waals surface area (Å²) in [5, 5.41) is 10.9. The Hall–Kier alpha value is -1.35. The van der Waals surface area contributed by atoms with Crippen molar-refractivity contribution in [2.24, 2.45) is 0 Å². The fourth-order valence-electron chi connectivity index (χ4n) is 5.16. The molecule has 0 aromatic heterocycles. The third kappa shape index (κ3) is 4.58. The Kier molecular flexibility index (Phi) is 6.54. The molecule has 0 aliphatic carbocycles. The Morgan fingerprint density at radius 1 is 1.16 bits per heavy atom. The summed E-state index contributed by atoms with van der Waals surface area (Å²) in [6, 6.07) is 5.81. The lowest BCUT2D eigenvalue weighted by molar-refractivity contribution is -0.0470. The van der Waals surface area contributed by atoms with Crippen molar-refractivity contribution in [1.82, 2.24) is 9.21 Å². The molecule has 172 valence electrons. The van der Waals surface area contributed by atoms with Crippen molar-refractivity contribution in [3.8, 4) is 0 Å². The maximum atomic E-state index is 13.5. The lowest BCUT2D eigenvalue weighted by Gasteiger charge is -2.48. The average molecular weight is 471 g/mol. The molecule has 4 rings (SSSR count). The molecule has 3 aliphatic heterocycles. The van der Waals surface area contributed by atoms with E-state index in [2.05, 4.69) is 0 Å². The van der Waals surface area contributed by atoms with Crippen LogP contribution in [0.2, 0.25) is 5.02 Å². The molecule has 3 saturated heterocycles. The molecule has 7 nitrogen and oxygen atoms in total. The summed E-state index contributed by atoms with van der Waals surface area (Å²) in [6.07, 6.45) is 4.63. The Balaban J connectivity index is 1.49. The number of fused-ring (bicyclic) bond motifs is 2. The van der Waals surface area contributed by atoms with Crippen molar-refractivity contribution in [1.29, 1.82) is 0 Å². The van der Waals surface area contributed by atoms with Crippen LogP contribution < -0.4 is 0 Å². The summed E-state index contributed by atoms with van der Waals surface area (Å²) in [7, 11) is -3.71. The molecule has 9 heteroatoms. The van der Waals surface area contributed by atoms with Gasteiger partial charge in [-0.1, -0.05) is 24.9 Å². The maximum Gasteiger partial charge on any atom is 0.410 e. The van der Waals surface area contributed by atoms with E-state index in [0.29, 0.717) is 56.6 Å². The molecule has 0 spiro atoms. The van der Waals surface area contributed by atoms with E-state index >= 15 is 0 Å². The molecule has 0 radical (unpaired) electrons. The fourth-order valence-corrected chi connectivity index (χ4v) is 7.21. The van der Waals surface area contributed by atoms with Gasteiger partial charge in [0.2, 0.25) is 10.0 Å². The van der Waals surface area contributed by atoms with E-state index in [1.54, 1.807) is 21.3 Å². The van der Waals surface area contributed by atoms with Gasteiger partial charge in [0.25, 0.3) is 0 Å². The van der Waals surface area contributed by atoms with Crippen LogP contribution in [0.1, 0.15) is 58.3 Å². The van der Waals surface area contributed by atoms with E-state index < -0.39 is 27.8 Å². The number of ether oxygens (including phenoxy) is 1. The molecule has 1 aromatic rings. The van der Waals surface area contributed by atoms with Crippen molar-refractivity contribution in [3.05, 3.63) is 29.3 Å². The molecule has 2 unspecified atom stereocenters. The first-order valence-electron chi connectivity index (χ1n) is 11.2. The molecule has 3 fully saturated rings. The number of halogens is 1. The summed E-state index contributed by atoms with van der Waals surface area (Å²) in [6.45, 7) is 2.86. The lowest BCUT2D eigenvalue weighted by Crippen LogP contribution is -2.59. The van der Waals surface area contributed by atoms with Gasteiger partial charge in [0.1, 0.15) is 6.10 Å². The Labute approximate surface area is 189 Å². The van der Waals surface area contributed by atoms with Crippen molar-refractivity contribution >= 4 is 27.7 Å². The molecule has 0 saturated carbocycles. The number of piperidine rings is 3. The maximum absolute atomic E-state index is 13.5. The predicted molar refractivity (Wildman–Crippen MR) is 117 cm³/mol. The van der Waals surface area contributed by atoms with Crippen LogP contribution in [-0.2, 0) is 14.8 Å². The predicted octanol–water partition coefficient (Wildman–Crippen LogP) is 3.79. The van der Waals surface area contributed by atoms with Gasteiger partial charge >= 0.3 is 6.09 Å². The average Bonchev–Trinajstić information content (AvgIpc) is 2.76. The Bertz CT molecular complexity index is 899. The van der Waals surface area contributed by atoms with E-state index in [-0.39, 0.29) is 17.0 Å². The highest BCUT2D eigenvalue weighted by atomic mass is 35.5. The summed E-state index contributed by atoms with van der Waals surface area (Å²) in [5.74, 6) is 0. The molecule has 31 heavy (non-hydrogen) atoms. The fraction of sp³-hybridized carbons (Fsp3) is 0.682. The monoisotopic (exact) mass is 470 g/mol. The van der Waals surface area contributed by atoms with Crippen LogP contribution in [0, 0.1) is 0 Å². The van der Waals surface area contributed by atoms with Crippen LogP contribution in [0.15, 0.2) is 29.2 Å². The zero-order chi connectivity index (χ0) is 22.2. The Morgan fingerprint density at radius 3 is 2.48 bits per heavy atom. The van der Waals surface area contributed by atoms with Crippen LogP contribution in [0.3, 0.4) is 0 Å². The van der Waals surface area contributed by atoms with Crippen LogP contribution in [0.5, 0.6) is 0 Å². The number of hydrogen-bond acceptors (Lipinski definition) is 5. The van der Waals surface area contributed by atoms with Gasteiger partial charge in [-0.15, -0.1) is 0 Å². The second kappa shape index (κ2) is 8.89. The Morgan fingerprint density at radius 2 is 1.84 bits per heavy atom. The van der Waals surface area contributed by atoms with E-state index in [1.807, 2.05) is 6.92 Å². The first-order valence-corrected chi connectivity index (χ1v) is 13.0. The van der Waals surface area contributed by atoms with E-state index in [9.17, 15) is 18.3 Å². The molecule has 3 atom stereocenters. The number of benzene rings is 1. The number of nitrogens with zero attached hydrogens (tertiary/aromatic N) is 2. The molecule has 3 aliphatic rings. The quantitative estimate of drug-likeness (QED) is 0.723. The first-order chi connectivity index (χ1) is 14.7.